The summed E-state index contributed by atoms with van der Waals surface area (Å²) in [5, 5.41) is 0. The Morgan fingerprint density at radius 1 is 1.21 bits per heavy atom. The van der Waals surface area contributed by atoms with Gasteiger partial charge in [0.05, 0.1) is 4.47 Å². The fourth-order valence-corrected chi connectivity index (χ4v) is 2.39. The number of ether oxygens (including phenoxy) is 1. The molecule has 0 bridgehead atoms. The average molecular weight is 336 g/mol. The van der Waals surface area contributed by atoms with Gasteiger partial charge in [0.1, 0.15) is 17.3 Å². The first-order valence-electron chi connectivity index (χ1n) is 5.84. The number of rotatable bonds is 4. The molecule has 0 saturated heterocycles. The van der Waals surface area contributed by atoms with Crippen molar-refractivity contribution in [1.29, 1.82) is 0 Å². The zero-order valence-electron chi connectivity index (χ0n) is 10.5. The summed E-state index contributed by atoms with van der Waals surface area (Å²) in [6.45, 7) is 2.56. The molecule has 0 fully saturated rings. The molecule has 98 valence electrons. The Labute approximate surface area is 126 Å². The van der Waals surface area contributed by atoms with Gasteiger partial charge in [-0.2, -0.15) is 0 Å². The maximum atomic E-state index is 5.77. The topological polar surface area (TPSA) is 35.2 Å². The third-order valence-corrected chi connectivity index (χ3v) is 3.58. The maximum Gasteiger partial charge on any atom is 0.134 e. The summed E-state index contributed by atoms with van der Waals surface area (Å²) in [6.07, 6.45) is 0. The third kappa shape index (κ3) is 3.78. The summed E-state index contributed by atoms with van der Waals surface area (Å²) >= 11 is 8.41. The van der Waals surface area contributed by atoms with Crippen LogP contribution in [0.4, 0.5) is 0 Å². The molecular weight excluding hydrogens is 322 g/mol. The lowest BCUT2D eigenvalue weighted by Gasteiger charge is -2.09. The Balaban J connectivity index is 2.04. The van der Waals surface area contributed by atoms with Crippen LogP contribution in [0.5, 0.6) is 5.75 Å². The van der Waals surface area contributed by atoms with Crippen molar-refractivity contribution in [3.8, 4) is 5.75 Å². The monoisotopic (exact) mass is 335 g/mol. The zero-order chi connectivity index (χ0) is 13.8. The highest BCUT2D eigenvalue weighted by atomic mass is 79.9. The van der Waals surface area contributed by atoms with E-state index in [1.165, 1.54) is 5.56 Å². The van der Waals surface area contributed by atoms with Crippen LogP contribution in [0.3, 0.4) is 0 Å². The lowest BCUT2D eigenvalue weighted by molar-refractivity contribution is 0.304. The molecule has 0 aliphatic rings. The molecule has 0 atom stereocenters. The van der Waals surface area contributed by atoms with E-state index in [9.17, 15) is 0 Å². The minimum Gasteiger partial charge on any atom is -0.488 e. The van der Waals surface area contributed by atoms with Gasteiger partial charge in [0.15, 0.2) is 0 Å². The molecule has 0 saturated carbocycles. The molecule has 4 heteroatoms. The Bertz CT molecular complexity index is 596. The number of nitrogens with two attached hydrogens (primary N) is 1. The molecule has 0 heterocycles. The summed E-state index contributed by atoms with van der Waals surface area (Å²) in [5.74, 6) is 0.837. The Morgan fingerprint density at radius 3 is 2.47 bits per heavy atom. The van der Waals surface area contributed by atoms with Crippen LogP contribution in [0.1, 0.15) is 16.7 Å². The minimum absolute atomic E-state index is 0.411. The first-order valence-corrected chi connectivity index (χ1v) is 7.04. The summed E-state index contributed by atoms with van der Waals surface area (Å²) in [5.41, 5.74) is 8.70. The van der Waals surface area contributed by atoms with Crippen molar-refractivity contribution >= 4 is 33.1 Å². The van der Waals surface area contributed by atoms with Crippen LogP contribution in [-0.2, 0) is 6.61 Å². The maximum absolute atomic E-state index is 5.77. The van der Waals surface area contributed by atoms with Gasteiger partial charge in [0, 0.05) is 5.56 Å². The number of halogens is 1. The normalized spacial score (nSPS) is 10.2. The summed E-state index contributed by atoms with van der Waals surface area (Å²) < 4.78 is 6.73. The molecule has 0 aliphatic carbocycles. The lowest BCUT2D eigenvalue weighted by atomic mass is 10.1. The molecule has 0 aliphatic heterocycles. The SMILES string of the molecule is Cc1ccc(OCc2ccc(C(N)=S)cc2)c(Br)c1. The van der Waals surface area contributed by atoms with Gasteiger partial charge in [-0.05, 0) is 46.1 Å². The molecule has 2 nitrogen and oxygen atoms in total. The number of hydrogen-bond donors (Lipinski definition) is 1. The highest BCUT2D eigenvalue weighted by molar-refractivity contribution is 9.10. The van der Waals surface area contributed by atoms with Gasteiger partial charge in [-0.25, -0.2) is 0 Å². The van der Waals surface area contributed by atoms with E-state index in [1.54, 1.807) is 0 Å². The molecule has 2 aromatic carbocycles. The van der Waals surface area contributed by atoms with Crippen molar-refractivity contribution < 1.29 is 4.74 Å². The van der Waals surface area contributed by atoms with Crippen LogP contribution in [0.2, 0.25) is 0 Å². The number of hydrogen-bond acceptors (Lipinski definition) is 2. The van der Waals surface area contributed by atoms with Crippen LogP contribution in [0.15, 0.2) is 46.9 Å². The van der Waals surface area contributed by atoms with E-state index in [-0.39, 0.29) is 0 Å². The van der Waals surface area contributed by atoms with E-state index in [0.29, 0.717) is 11.6 Å². The second kappa shape index (κ2) is 6.17. The minimum atomic E-state index is 0.411. The zero-order valence-corrected chi connectivity index (χ0v) is 12.9. The molecule has 0 unspecified atom stereocenters. The average Bonchev–Trinajstić information content (AvgIpc) is 2.38. The molecule has 0 aromatic heterocycles. The third-order valence-electron chi connectivity index (χ3n) is 2.72. The number of benzene rings is 2. The van der Waals surface area contributed by atoms with Crippen LogP contribution in [-0.4, -0.2) is 4.99 Å². The fraction of sp³-hybridized carbons (Fsp3) is 0.133. The van der Waals surface area contributed by atoms with Crippen LogP contribution in [0.25, 0.3) is 0 Å². The van der Waals surface area contributed by atoms with E-state index in [0.717, 1.165) is 21.3 Å². The number of aryl methyl sites for hydroxylation is 1. The number of thiocarbonyl (C=S) groups is 1. The highest BCUT2D eigenvalue weighted by Crippen LogP contribution is 2.26. The van der Waals surface area contributed by atoms with Gasteiger partial charge >= 0.3 is 0 Å². The summed E-state index contributed by atoms with van der Waals surface area (Å²) in [4.78, 5) is 0.411. The lowest BCUT2D eigenvalue weighted by Crippen LogP contribution is -2.09. The molecule has 2 N–H and O–H groups in total. The van der Waals surface area contributed by atoms with Gasteiger partial charge in [0.25, 0.3) is 0 Å². The van der Waals surface area contributed by atoms with Crippen molar-refractivity contribution in [3.63, 3.8) is 0 Å². The van der Waals surface area contributed by atoms with E-state index < -0.39 is 0 Å². The van der Waals surface area contributed by atoms with Gasteiger partial charge in [0.2, 0.25) is 0 Å². The second-order valence-corrected chi connectivity index (χ2v) is 5.58. The Morgan fingerprint density at radius 2 is 1.89 bits per heavy atom. The molecular formula is C15H14BrNOS. The summed E-state index contributed by atoms with van der Waals surface area (Å²) in [6, 6.07) is 13.8. The van der Waals surface area contributed by atoms with E-state index in [1.807, 2.05) is 49.4 Å². The predicted molar refractivity (Wildman–Crippen MR) is 85.5 cm³/mol. The van der Waals surface area contributed by atoms with Crippen molar-refractivity contribution in [2.75, 3.05) is 0 Å². The van der Waals surface area contributed by atoms with E-state index in [4.69, 9.17) is 22.7 Å². The molecule has 0 radical (unpaired) electrons. The Kier molecular flexibility index (Phi) is 4.56. The fourth-order valence-electron chi connectivity index (χ4n) is 1.65. The van der Waals surface area contributed by atoms with E-state index >= 15 is 0 Å². The van der Waals surface area contributed by atoms with Crippen LogP contribution >= 0.6 is 28.1 Å². The van der Waals surface area contributed by atoms with Crippen molar-refractivity contribution in [1.82, 2.24) is 0 Å². The highest BCUT2D eigenvalue weighted by Gasteiger charge is 2.02. The van der Waals surface area contributed by atoms with E-state index in [2.05, 4.69) is 15.9 Å². The standard InChI is InChI=1S/C15H14BrNOS/c1-10-2-7-14(13(16)8-10)18-9-11-3-5-12(6-4-11)15(17)19/h2-8H,9H2,1H3,(H2,17,19). The predicted octanol–water partition coefficient (Wildman–Crippen LogP) is 3.97. The van der Waals surface area contributed by atoms with Gasteiger partial charge in [-0.15, -0.1) is 0 Å². The van der Waals surface area contributed by atoms with Gasteiger partial charge in [-0.1, -0.05) is 42.5 Å². The summed E-state index contributed by atoms with van der Waals surface area (Å²) in [7, 11) is 0. The van der Waals surface area contributed by atoms with Crippen LogP contribution in [0, 0.1) is 6.92 Å². The smallest absolute Gasteiger partial charge is 0.134 e. The molecule has 0 amide bonds. The van der Waals surface area contributed by atoms with Crippen molar-refractivity contribution in [2.45, 2.75) is 13.5 Å². The van der Waals surface area contributed by atoms with Gasteiger partial charge in [-0.3, -0.25) is 0 Å². The largest absolute Gasteiger partial charge is 0.488 e. The quantitative estimate of drug-likeness (QED) is 0.858. The first-order chi connectivity index (χ1) is 9.06. The molecule has 19 heavy (non-hydrogen) atoms. The first kappa shape index (κ1) is 14.0. The second-order valence-electron chi connectivity index (χ2n) is 4.28. The van der Waals surface area contributed by atoms with Crippen molar-refractivity contribution in [2.24, 2.45) is 5.73 Å². The molecule has 2 aromatic rings. The Hall–Kier alpha value is -1.39. The molecule has 2 rings (SSSR count). The van der Waals surface area contributed by atoms with Crippen molar-refractivity contribution in [3.05, 3.63) is 63.6 Å². The molecule has 0 spiro atoms. The van der Waals surface area contributed by atoms with Crippen LogP contribution < -0.4 is 10.5 Å². The van der Waals surface area contributed by atoms with Gasteiger partial charge < -0.3 is 10.5 Å².